The van der Waals surface area contributed by atoms with Crippen molar-refractivity contribution >= 4 is 5.91 Å². The van der Waals surface area contributed by atoms with Gasteiger partial charge in [0, 0.05) is 13.2 Å². The summed E-state index contributed by atoms with van der Waals surface area (Å²) in [7, 11) is 0. The largest absolute Gasteiger partial charge is 0.372 e. The molecule has 0 heterocycles. The zero-order chi connectivity index (χ0) is 11.3. The second-order valence-corrected chi connectivity index (χ2v) is 4.50. The summed E-state index contributed by atoms with van der Waals surface area (Å²) in [5, 5.41) is 2.97. The maximum atomic E-state index is 11.5. The Morgan fingerprint density at radius 2 is 2.27 bits per heavy atom. The number of amides is 1. The third-order valence-electron chi connectivity index (χ3n) is 2.91. The Labute approximate surface area is 91.5 Å². The number of carbonyl (C=O) groups is 1. The highest BCUT2D eigenvalue weighted by Gasteiger charge is 2.41. The lowest BCUT2D eigenvalue weighted by Crippen LogP contribution is -2.54. The van der Waals surface area contributed by atoms with Gasteiger partial charge in [-0.05, 0) is 32.1 Å². The van der Waals surface area contributed by atoms with E-state index in [2.05, 4.69) is 5.32 Å². The molecule has 1 aliphatic carbocycles. The Morgan fingerprint density at radius 3 is 2.73 bits per heavy atom. The number of hydrogen-bond acceptors (Lipinski definition) is 3. The monoisotopic (exact) mass is 214 g/mol. The lowest BCUT2D eigenvalue weighted by molar-refractivity contribution is -0.127. The predicted molar refractivity (Wildman–Crippen MR) is 59.4 cm³/mol. The van der Waals surface area contributed by atoms with Crippen LogP contribution in [-0.4, -0.2) is 31.2 Å². The molecule has 0 saturated heterocycles. The van der Waals surface area contributed by atoms with E-state index in [0.29, 0.717) is 19.1 Å². The average molecular weight is 214 g/mol. The van der Waals surface area contributed by atoms with E-state index in [1.807, 2.05) is 13.8 Å². The van der Waals surface area contributed by atoms with Gasteiger partial charge in [-0.2, -0.15) is 0 Å². The Bertz CT molecular complexity index is 217. The van der Waals surface area contributed by atoms with Crippen molar-refractivity contribution in [3.8, 4) is 0 Å². The minimum Gasteiger partial charge on any atom is -0.372 e. The number of ether oxygens (including phenoxy) is 1. The molecule has 4 heteroatoms. The Morgan fingerprint density at radius 1 is 1.60 bits per heavy atom. The molecule has 0 aliphatic heterocycles. The van der Waals surface area contributed by atoms with E-state index < -0.39 is 0 Å². The van der Waals surface area contributed by atoms with Crippen LogP contribution in [0.25, 0.3) is 0 Å². The molecular formula is C11H22N2O2. The van der Waals surface area contributed by atoms with Gasteiger partial charge in [0.15, 0.2) is 0 Å². The molecule has 0 aromatic heterocycles. The molecule has 3 N–H and O–H groups in total. The first kappa shape index (κ1) is 12.5. The van der Waals surface area contributed by atoms with E-state index in [4.69, 9.17) is 10.5 Å². The Hall–Kier alpha value is -0.610. The first-order valence-corrected chi connectivity index (χ1v) is 5.71. The lowest BCUT2D eigenvalue weighted by atomic mass is 9.96. The van der Waals surface area contributed by atoms with Gasteiger partial charge in [0.1, 0.15) is 6.61 Å². The zero-order valence-electron chi connectivity index (χ0n) is 9.71. The minimum atomic E-state index is -0.230. The molecule has 1 fully saturated rings. The maximum Gasteiger partial charge on any atom is 0.246 e. The van der Waals surface area contributed by atoms with Gasteiger partial charge in [0.2, 0.25) is 5.91 Å². The van der Waals surface area contributed by atoms with Crippen molar-refractivity contribution in [1.29, 1.82) is 0 Å². The summed E-state index contributed by atoms with van der Waals surface area (Å²) in [6, 6.07) is 0. The van der Waals surface area contributed by atoms with Crippen LogP contribution in [0.5, 0.6) is 0 Å². The van der Waals surface area contributed by atoms with E-state index >= 15 is 0 Å². The number of nitrogens with one attached hydrogen (secondary N) is 1. The van der Waals surface area contributed by atoms with Gasteiger partial charge in [-0.15, -0.1) is 0 Å². The molecule has 0 bridgehead atoms. The van der Waals surface area contributed by atoms with Gasteiger partial charge in [0.25, 0.3) is 0 Å². The van der Waals surface area contributed by atoms with Crippen molar-refractivity contribution in [2.24, 2.45) is 11.7 Å². The van der Waals surface area contributed by atoms with E-state index in [9.17, 15) is 4.79 Å². The summed E-state index contributed by atoms with van der Waals surface area (Å²) in [4.78, 5) is 11.5. The first-order valence-electron chi connectivity index (χ1n) is 5.71. The molecule has 0 radical (unpaired) electrons. The molecule has 4 nitrogen and oxygen atoms in total. The van der Waals surface area contributed by atoms with Crippen molar-refractivity contribution in [1.82, 2.24) is 5.32 Å². The van der Waals surface area contributed by atoms with Crippen molar-refractivity contribution in [2.75, 3.05) is 19.8 Å². The molecule has 1 rings (SSSR count). The molecule has 0 aromatic carbocycles. The molecule has 15 heavy (non-hydrogen) atoms. The van der Waals surface area contributed by atoms with Crippen LogP contribution in [0.2, 0.25) is 0 Å². The van der Waals surface area contributed by atoms with Crippen LogP contribution >= 0.6 is 0 Å². The predicted octanol–water partition coefficient (Wildman–Crippen LogP) is 0.657. The van der Waals surface area contributed by atoms with Gasteiger partial charge >= 0.3 is 0 Å². The smallest absolute Gasteiger partial charge is 0.246 e. The maximum absolute atomic E-state index is 11.5. The number of rotatable bonds is 7. The topological polar surface area (TPSA) is 64.3 Å². The van der Waals surface area contributed by atoms with Gasteiger partial charge in [0.05, 0.1) is 5.54 Å². The average Bonchev–Trinajstić information content (AvgIpc) is 3.01. The van der Waals surface area contributed by atoms with Gasteiger partial charge in [-0.25, -0.2) is 0 Å². The molecule has 0 spiro atoms. The number of carbonyl (C=O) groups excluding carboxylic acids is 1. The standard InChI is InChI=1S/C11H22N2O2/c1-3-6-15-7-10(14)13-11(2,8-12)9-4-5-9/h9H,3-8,12H2,1-2H3,(H,13,14). The quantitative estimate of drug-likeness (QED) is 0.612. The van der Waals surface area contributed by atoms with Crippen LogP contribution in [-0.2, 0) is 9.53 Å². The molecule has 0 aromatic rings. The number of hydrogen-bond donors (Lipinski definition) is 2. The summed E-state index contributed by atoms with van der Waals surface area (Å²) in [6.07, 6.45) is 3.28. The zero-order valence-corrected chi connectivity index (χ0v) is 9.71. The first-order chi connectivity index (χ1) is 7.12. The fraction of sp³-hybridized carbons (Fsp3) is 0.909. The van der Waals surface area contributed by atoms with E-state index in [-0.39, 0.29) is 18.1 Å². The molecule has 88 valence electrons. The summed E-state index contributed by atoms with van der Waals surface area (Å²) < 4.78 is 5.18. The summed E-state index contributed by atoms with van der Waals surface area (Å²) in [6.45, 7) is 5.32. The highest BCUT2D eigenvalue weighted by Crippen LogP contribution is 2.38. The third kappa shape index (κ3) is 3.80. The normalized spacial score (nSPS) is 19.7. The second kappa shape index (κ2) is 5.47. The van der Waals surface area contributed by atoms with Crippen LogP contribution in [0.4, 0.5) is 0 Å². The summed E-state index contributed by atoms with van der Waals surface area (Å²) >= 11 is 0. The molecule has 1 aliphatic rings. The molecule has 1 saturated carbocycles. The third-order valence-corrected chi connectivity index (χ3v) is 2.91. The summed E-state index contributed by atoms with van der Waals surface area (Å²) in [5.74, 6) is 0.501. The highest BCUT2D eigenvalue weighted by molar-refractivity contribution is 5.78. The van der Waals surface area contributed by atoms with E-state index in [1.54, 1.807) is 0 Å². The van der Waals surface area contributed by atoms with E-state index in [1.165, 1.54) is 12.8 Å². The number of nitrogens with two attached hydrogens (primary N) is 1. The van der Waals surface area contributed by atoms with E-state index in [0.717, 1.165) is 6.42 Å². The second-order valence-electron chi connectivity index (χ2n) is 4.50. The van der Waals surface area contributed by atoms with Gasteiger partial charge in [-0.3, -0.25) is 4.79 Å². The minimum absolute atomic E-state index is 0.0525. The lowest BCUT2D eigenvalue weighted by Gasteiger charge is -2.29. The summed E-state index contributed by atoms with van der Waals surface area (Å²) in [5.41, 5.74) is 5.47. The van der Waals surface area contributed by atoms with Crippen molar-refractivity contribution in [3.05, 3.63) is 0 Å². The Kier molecular flexibility index (Phi) is 4.54. The van der Waals surface area contributed by atoms with Crippen LogP contribution < -0.4 is 11.1 Å². The van der Waals surface area contributed by atoms with Crippen LogP contribution in [0.1, 0.15) is 33.1 Å². The Balaban J connectivity index is 2.28. The molecule has 1 atom stereocenters. The SMILES string of the molecule is CCCOCC(=O)NC(C)(CN)C1CC1. The van der Waals surface area contributed by atoms with Crippen molar-refractivity contribution < 1.29 is 9.53 Å². The van der Waals surface area contributed by atoms with Crippen molar-refractivity contribution in [2.45, 2.75) is 38.6 Å². The molecule has 1 amide bonds. The van der Waals surface area contributed by atoms with Crippen molar-refractivity contribution in [3.63, 3.8) is 0 Å². The molecule has 1 unspecified atom stereocenters. The van der Waals surface area contributed by atoms with Crippen LogP contribution in [0.15, 0.2) is 0 Å². The highest BCUT2D eigenvalue weighted by atomic mass is 16.5. The van der Waals surface area contributed by atoms with Crippen LogP contribution in [0.3, 0.4) is 0 Å². The fourth-order valence-corrected chi connectivity index (χ4v) is 1.70. The van der Waals surface area contributed by atoms with Gasteiger partial charge in [-0.1, -0.05) is 6.92 Å². The molecular weight excluding hydrogens is 192 g/mol. The van der Waals surface area contributed by atoms with Gasteiger partial charge < -0.3 is 15.8 Å². The van der Waals surface area contributed by atoms with Crippen LogP contribution in [0, 0.1) is 5.92 Å². The fourth-order valence-electron chi connectivity index (χ4n) is 1.70.